The lowest BCUT2D eigenvalue weighted by Gasteiger charge is -2.19. The molecule has 0 saturated carbocycles. The minimum atomic E-state index is 0.262. The molecule has 0 unspecified atom stereocenters. The molecule has 0 bridgehead atoms. The molecule has 114 valence electrons. The van der Waals surface area contributed by atoms with Gasteiger partial charge in [0.15, 0.2) is 11.5 Å². The van der Waals surface area contributed by atoms with Gasteiger partial charge in [0.05, 0.1) is 12.7 Å². The number of hydrogen-bond acceptors (Lipinski definition) is 3. The average Bonchev–Trinajstić information content (AvgIpc) is 2.47. The van der Waals surface area contributed by atoms with E-state index in [0.29, 0.717) is 6.61 Å². The molecule has 3 heteroatoms. The smallest absolute Gasteiger partial charge is 0.161 e. The van der Waals surface area contributed by atoms with E-state index in [9.17, 15) is 0 Å². The summed E-state index contributed by atoms with van der Waals surface area (Å²) in [5, 5.41) is 3.41. The Labute approximate surface area is 123 Å². The Balaban J connectivity index is 2.78. The summed E-state index contributed by atoms with van der Waals surface area (Å²) in [5.41, 5.74) is 1.23. The highest BCUT2D eigenvalue weighted by atomic mass is 16.5. The van der Waals surface area contributed by atoms with Crippen molar-refractivity contribution in [3.05, 3.63) is 23.8 Å². The third-order valence-corrected chi connectivity index (χ3v) is 3.27. The monoisotopic (exact) mass is 279 g/mol. The first kappa shape index (κ1) is 16.8. The Morgan fingerprint density at radius 1 is 1.05 bits per heavy atom. The van der Waals surface area contributed by atoms with Gasteiger partial charge in [-0.3, -0.25) is 0 Å². The zero-order chi connectivity index (χ0) is 14.8. The predicted molar refractivity (Wildman–Crippen MR) is 84.6 cm³/mol. The Hall–Kier alpha value is -1.22. The van der Waals surface area contributed by atoms with Gasteiger partial charge in [-0.25, -0.2) is 0 Å². The molecular weight excluding hydrogens is 250 g/mol. The van der Waals surface area contributed by atoms with Crippen molar-refractivity contribution in [3.8, 4) is 11.5 Å². The van der Waals surface area contributed by atoms with Gasteiger partial charge in [-0.2, -0.15) is 0 Å². The van der Waals surface area contributed by atoms with Gasteiger partial charge in [0.1, 0.15) is 0 Å². The van der Waals surface area contributed by atoms with E-state index in [2.05, 4.69) is 38.2 Å². The number of nitrogens with one attached hydrogen (secondary N) is 1. The SMILES string of the molecule is CCCNCc1ccc(OC(CC)CC)c(OCC)c1. The topological polar surface area (TPSA) is 30.5 Å². The molecule has 3 nitrogen and oxygen atoms in total. The van der Waals surface area contributed by atoms with Gasteiger partial charge >= 0.3 is 0 Å². The predicted octanol–water partition coefficient (Wildman–Crippen LogP) is 4.15. The number of benzene rings is 1. The highest BCUT2D eigenvalue weighted by Gasteiger charge is 2.11. The van der Waals surface area contributed by atoms with Crippen LogP contribution in [0, 0.1) is 0 Å². The van der Waals surface area contributed by atoms with Crippen LogP contribution >= 0.6 is 0 Å². The first-order chi connectivity index (χ1) is 9.74. The van der Waals surface area contributed by atoms with Crippen LogP contribution in [0.15, 0.2) is 18.2 Å². The lowest BCUT2D eigenvalue weighted by molar-refractivity contribution is 0.182. The molecule has 1 N–H and O–H groups in total. The fourth-order valence-corrected chi connectivity index (χ4v) is 2.07. The molecule has 0 spiro atoms. The Kier molecular flexibility index (Phi) is 8.12. The molecule has 0 saturated heterocycles. The second-order valence-electron chi connectivity index (χ2n) is 4.95. The van der Waals surface area contributed by atoms with Gasteiger partial charge in [-0.1, -0.05) is 26.8 Å². The molecule has 0 heterocycles. The van der Waals surface area contributed by atoms with Gasteiger partial charge in [0, 0.05) is 6.54 Å². The van der Waals surface area contributed by atoms with E-state index in [4.69, 9.17) is 9.47 Å². The van der Waals surface area contributed by atoms with Crippen LogP contribution in [0.1, 0.15) is 52.5 Å². The van der Waals surface area contributed by atoms with E-state index >= 15 is 0 Å². The number of rotatable bonds is 10. The van der Waals surface area contributed by atoms with Crippen LogP contribution in [0.4, 0.5) is 0 Å². The lowest BCUT2D eigenvalue weighted by atomic mass is 10.2. The Morgan fingerprint density at radius 2 is 1.80 bits per heavy atom. The Morgan fingerprint density at radius 3 is 2.40 bits per heavy atom. The van der Waals surface area contributed by atoms with Crippen LogP contribution in [-0.4, -0.2) is 19.3 Å². The molecule has 0 amide bonds. The first-order valence-electron chi connectivity index (χ1n) is 7.88. The summed E-state index contributed by atoms with van der Waals surface area (Å²) < 4.78 is 11.8. The van der Waals surface area contributed by atoms with Crippen LogP contribution in [-0.2, 0) is 6.54 Å². The van der Waals surface area contributed by atoms with Crippen LogP contribution in [0.2, 0.25) is 0 Å². The van der Waals surface area contributed by atoms with Crippen molar-refractivity contribution >= 4 is 0 Å². The standard InChI is InChI=1S/C17H29NO2/c1-5-11-18-13-14-9-10-16(17(12-14)19-8-4)20-15(6-2)7-3/h9-10,12,15,18H,5-8,11,13H2,1-4H3. The van der Waals surface area contributed by atoms with Gasteiger partial charge in [0.25, 0.3) is 0 Å². The maximum Gasteiger partial charge on any atom is 0.161 e. The maximum atomic E-state index is 6.03. The molecular formula is C17H29NO2. The van der Waals surface area contributed by atoms with Crippen molar-refractivity contribution in [1.29, 1.82) is 0 Å². The normalized spacial score (nSPS) is 10.8. The fraction of sp³-hybridized carbons (Fsp3) is 0.647. The second-order valence-corrected chi connectivity index (χ2v) is 4.95. The van der Waals surface area contributed by atoms with Crippen molar-refractivity contribution < 1.29 is 9.47 Å². The average molecular weight is 279 g/mol. The van der Waals surface area contributed by atoms with Crippen molar-refractivity contribution in [1.82, 2.24) is 5.32 Å². The molecule has 0 atom stereocenters. The van der Waals surface area contributed by atoms with Gasteiger partial charge in [-0.05, 0) is 50.4 Å². The summed E-state index contributed by atoms with van der Waals surface area (Å²) in [6.07, 6.45) is 3.44. The highest BCUT2D eigenvalue weighted by molar-refractivity contribution is 5.43. The van der Waals surface area contributed by atoms with Crippen molar-refractivity contribution in [3.63, 3.8) is 0 Å². The zero-order valence-corrected chi connectivity index (χ0v) is 13.4. The summed E-state index contributed by atoms with van der Waals surface area (Å²) in [4.78, 5) is 0. The fourth-order valence-electron chi connectivity index (χ4n) is 2.07. The second kappa shape index (κ2) is 9.65. The quantitative estimate of drug-likeness (QED) is 0.653. The summed E-state index contributed by atoms with van der Waals surface area (Å²) in [6, 6.07) is 6.24. The molecule has 1 aromatic carbocycles. The van der Waals surface area contributed by atoms with Crippen molar-refractivity contribution in [2.45, 2.75) is 59.6 Å². The van der Waals surface area contributed by atoms with E-state index < -0.39 is 0 Å². The minimum absolute atomic E-state index is 0.262. The van der Waals surface area contributed by atoms with E-state index in [1.165, 1.54) is 5.56 Å². The molecule has 1 rings (SSSR count). The summed E-state index contributed by atoms with van der Waals surface area (Å²) in [7, 11) is 0. The molecule has 0 aromatic heterocycles. The van der Waals surface area contributed by atoms with Gasteiger partial charge in [0.2, 0.25) is 0 Å². The molecule has 1 aromatic rings. The highest BCUT2D eigenvalue weighted by Crippen LogP contribution is 2.30. The summed E-state index contributed by atoms with van der Waals surface area (Å²) >= 11 is 0. The van der Waals surface area contributed by atoms with E-state index in [-0.39, 0.29) is 6.10 Å². The van der Waals surface area contributed by atoms with Crippen molar-refractivity contribution in [2.24, 2.45) is 0 Å². The lowest BCUT2D eigenvalue weighted by Crippen LogP contribution is -2.16. The summed E-state index contributed by atoms with van der Waals surface area (Å²) in [5.74, 6) is 1.72. The molecule has 20 heavy (non-hydrogen) atoms. The van der Waals surface area contributed by atoms with Crippen molar-refractivity contribution in [2.75, 3.05) is 13.2 Å². The van der Waals surface area contributed by atoms with E-state index in [1.54, 1.807) is 0 Å². The summed E-state index contributed by atoms with van der Waals surface area (Å²) in [6.45, 7) is 11.0. The largest absolute Gasteiger partial charge is 0.490 e. The third-order valence-electron chi connectivity index (χ3n) is 3.27. The third kappa shape index (κ3) is 5.41. The molecule has 0 radical (unpaired) electrons. The number of hydrogen-bond donors (Lipinski definition) is 1. The van der Waals surface area contributed by atoms with Crippen LogP contribution in [0.3, 0.4) is 0 Å². The number of ether oxygens (including phenoxy) is 2. The van der Waals surface area contributed by atoms with Gasteiger partial charge < -0.3 is 14.8 Å². The first-order valence-corrected chi connectivity index (χ1v) is 7.88. The van der Waals surface area contributed by atoms with E-state index in [1.807, 2.05) is 13.0 Å². The van der Waals surface area contributed by atoms with E-state index in [0.717, 1.165) is 43.9 Å². The minimum Gasteiger partial charge on any atom is -0.490 e. The molecule has 0 aliphatic carbocycles. The van der Waals surface area contributed by atoms with Gasteiger partial charge in [-0.15, -0.1) is 0 Å². The zero-order valence-electron chi connectivity index (χ0n) is 13.4. The maximum absolute atomic E-state index is 6.03. The Bertz CT molecular complexity index is 375. The molecule has 0 aliphatic rings. The van der Waals surface area contributed by atoms with Crippen LogP contribution in [0.25, 0.3) is 0 Å². The van der Waals surface area contributed by atoms with Crippen LogP contribution < -0.4 is 14.8 Å². The molecule has 0 aliphatic heterocycles. The van der Waals surface area contributed by atoms with Crippen LogP contribution in [0.5, 0.6) is 11.5 Å². The molecule has 0 fully saturated rings.